The summed E-state index contributed by atoms with van der Waals surface area (Å²) in [7, 11) is 1.97. The smallest absolute Gasteiger partial charge is 0.222 e. The van der Waals surface area contributed by atoms with Crippen molar-refractivity contribution in [3.8, 4) is 0 Å². The number of carbonyl (C=O) groups is 1. The maximum absolute atomic E-state index is 12.4. The fraction of sp³-hybridized carbons (Fsp3) is 0.667. The van der Waals surface area contributed by atoms with Gasteiger partial charge in [-0.05, 0) is 56.2 Å². The van der Waals surface area contributed by atoms with Gasteiger partial charge in [0, 0.05) is 58.2 Å². The lowest BCUT2D eigenvalue weighted by molar-refractivity contribution is -0.139. The van der Waals surface area contributed by atoms with E-state index in [9.17, 15) is 4.79 Å². The van der Waals surface area contributed by atoms with Crippen LogP contribution in [0.2, 0.25) is 0 Å². The van der Waals surface area contributed by atoms with E-state index in [0.717, 1.165) is 65.0 Å². The zero-order chi connectivity index (χ0) is 19.4. The second-order valence-electron chi connectivity index (χ2n) is 8.58. The molecule has 0 atom stereocenters. The van der Waals surface area contributed by atoms with Gasteiger partial charge in [-0.1, -0.05) is 0 Å². The molecule has 0 N–H and O–H groups in total. The highest BCUT2D eigenvalue weighted by Gasteiger charge is 2.40. The van der Waals surface area contributed by atoms with Crippen molar-refractivity contribution >= 4 is 5.91 Å². The lowest BCUT2D eigenvalue weighted by atomic mass is 9.72. The number of rotatable bonds is 7. The van der Waals surface area contributed by atoms with Gasteiger partial charge < -0.3 is 14.4 Å². The molecule has 2 aliphatic rings. The molecule has 0 unspecified atom stereocenters. The molecule has 0 saturated carbocycles. The minimum Gasteiger partial charge on any atom is -0.342 e. The molecule has 7 nitrogen and oxygen atoms in total. The van der Waals surface area contributed by atoms with Gasteiger partial charge in [0.1, 0.15) is 0 Å². The Morgan fingerprint density at radius 3 is 2.71 bits per heavy atom. The molecule has 2 saturated heterocycles. The summed E-state index contributed by atoms with van der Waals surface area (Å²) in [5, 5.41) is 4.26. The Balaban J connectivity index is 1.23. The number of aromatic nitrogens is 4. The zero-order valence-corrected chi connectivity index (χ0v) is 17.0. The highest BCUT2D eigenvalue weighted by molar-refractivity contribution is 5.77. The second-order valence-corrected chi connectivity index (χ2v) is 8.58. The lowest BCUT2D eigenvalue weighted by Gasteiger charge is -2.47. The highest BCUT2D eigenvalue weighted by atomic mass is 16.2. The molecule has 2 aromatic heterocycles. The van der Waals surface area contributed by atoms with Gasteiger partial charge in [0.15, 0.2) is 0 Å². The number of piperidine rings is 2. The van der Waals surface area contributed by atoms with Crippen LogP contribution in [0.25, 0.3) is 0 Å². The van der Waals surface area contributed by atoms with Crippen molar-refractivity contribution in [2.24, 2.45) is 12.5 Å². The average molecular weight is 385 g/mol. The van der Waals surface area contributed by atoms with Crippen LogP contribution in [-0.4, -0.2) is 67.8 Å². The topological polar surface area (TPSA) is 59.2 Å². The first-order valence-corrected chi connectivity index (χ1v) is 10.6. The van der Waals surface area contributed by atoms with Crippen LogP contribution in [0.1, 0.15) is 37.7 Å². The maximum atomic E-state index is 12.4. The molecule has 1 amide bonds. The van der Waals surface area contributed by atoms with Crippen LogP contribution in [0.3, 0.4) is 0 Å². The van der Waals surface area contributed by atoms with E-state index in [1.54, 1.807) is 0 Å². The largest absolute Gasteiger partial charge is 0.342 e. The van der Waals surface area contributed by atoms with Crippen molar-refractivity contribution < 1.29 is 4.79 Å². The molecular weight excluding hydrogens is 352 g/mol. The molecule has 4 rings (SSSR count). The first kappa shape index (κ1) is 19.2. The van der Waals surface area contributed by atoms with Gasteiger partial charge in [0.05, 0.1) is 12.5 Å². The van der Waals surface area contributed by atoms with E-state index in [1.165, 1.54) is 18.4 Å². The van der Waals surface area contributed by atoms with E-state index in [0.29, 0.717) is 11.3 Å². The van der Waals surface area contributed by atoms with Crippen LogP contribution in [0.4, 0.5) is 0 Å². The summed E-state index contributed by atoms with van der Waals surface area (Å²) in [4.78, 5) is 21.2. The maximum Gasteiger partial charge on any atom is 0.222 e. The van der Waals surface area contributed by atoms with Crippen molar-refractivity contribution in [2.75, 3.05) is 32.7 Å². The number of nitrogens with zero attached hydrogens (tertiary/aromatic N) is 6. The van der Waals surface area contributed by atoms with Crippen LogP contribution in [0.15, 0.2) is 31.1 Å². The Bertz CT molecular complexity index is 760. The van der Waals surface area contributed by atoms with Gasteiger partial charge in [-0.2, -0.15) is 5.10 Å². The van der Waals surface area contributed by atoms with Gasteiger partial charge in [0.2, 0.25) is 5.91 Å². The molecule has 1 spiro atoms. The van der Waals surface area contributed by atoms with Crippen molar-refractivity contribution in [2.45, 2.75) is 45.1 Å². The van der Waals surface area contributed by atoms with Crippen LogP contribution >= 0.6 is 0 Å². The van der Waals surface area contributed by atoms with Crippen LogP contribution in [0, 0.1) is 5.41 Å². The van der Waals surface area contributed by atoms with Gasteiger partial charge in [-0.3, -0.25) is 9.48 Å². The predicted molar refractivity (Wildman–Crippen MR) is 108 cm³/mol. The van der Waals surface area contributed by atoms with Crippen molar-refractivity contribution in [1.82, 2.24) is 29.1 Å². The number of hydrogen-bond donors (Lipinski definition) is 0. The third-order valence-electron chi connectivity index (χ3n) is 6.54. The summed E-state index contributed by atoms with van der Waals surface area (Å²) < 4.78 is 3.96. The van der Waals surface area contributed by atoms with Gasteiger partial charge in [-0.25, -0.2) is 4.98 Å². The van der Waals surface area contributed by atoms with E-state index in [-0.39, 0.29) is 0 Å². The minimum absolute atomic E-state index is 0.341. The molecule has 2 fully saturated rings. The Morgan fingerprint density at radius 1 is 1.14 bits per heavy atom. The third kappa shape index (κ3) is 4.63. The number of hydrogen-bond acceptors (Lipinski definition) is 4. The van der Waals surface area contributed by atoms with Crippen molar-refractivity contribution in [3.63, 3.8) is 0 Å². The summed E-state index contributed by atoms with van der Waals surface area (Å²) >= 11 is 0. The third-order valence-corrected chi connectivity index (χ3v) is 6.54. The van der Waals surface area contributed by atoms with Gasteiger partial charge in [0.25, 0.3) is 0 Å². The summed E-state index contributed by atoms with van der Waals surface area (Å²) in [5.41, 5.74) is 1.66. The standard InChI is InChI=1S/C21H32N6O/c1-24-16-19(15-23-24)4-11-25-12-6-21(7-13-25)5-3-20(28)27(17-21)10-2-9-26-14-8-22-18-26/h8,14-16,18H,2-7,9-13,17H2,1H3. The van der Waals surface area contributed by atoms with E-state index in [2.05, 4.69) is 30.6 Å². The summed E-state index contributed by atoms with van der Waals surface area (Å²) in [6.45, 7) is 6.15. The Kier molecular flexibility index (Phi) is 5.80. The molecule has 2 aliphatic heterocycles. The molecule has 0 radical (unpaired) electrons. The molecule has 0 aliphatic carbocycles. The highest BCUT2D eigenvalue weighted by Crippen LogP contribution is 2.40. The van der Waals surface area contributed by atoms with Crippen molar-refractivity contribution in [1.29, 1.82) is 0 Å². The molecule has 7 heteroatoms. The normalized spacial score (nSPS) is 20.2. The fourth-order valence-electron chi connectivity index (χ4n) is 4.72. The molecule has 28 heavy (non-hydrogen) atoms. The first-order valence-electron chi connectivity index (χ1n) is 10.6. The molecular formula is C21H32N6O. The summed E-state index contributed by atoms with van der Waals surface area (Å²) in [6.07, 6.45) is 16.0. The lowest BCUT2D eigenvalue weighted by Crippen LogP contribution is -2.51. The van der Waals surface area contributed by atoms with E-state index in [1.807, 2.05) is 36.6 Å². The molecule has 0 bridgehead atoms. The quantitative estimate of drug-likeness (QED) is 0.732. The van der Waals surface area contributed by atoms with E-state index in [4.69, 9.17) is 0 Å². The van der Waals surface area contributed by atoms with Gasteiger partial charge in [-0.15, -0.1) is 0 Å². The number of likely N-dealkylation sites (tertiary alicyclic amines) is 2. The monoisotopic (exact) mass is 384 g/mol. The number of carbonyl (C=O) groups excluding carboxylic acids is 1. The Labute approximate surface area is 167 Å². The fourth-order valence-corrected chi connectivity index (χ4v) is 4.72. The minimum atomic E-state index is 0.341. The number of aryl methyl sites for hydroxylation is 2. The van der Waals surface area contributed by atoms with E-state index < -0.39 is 0 Å². The average Bonchev–Trinajstić information content (AvgIpc) is 3.36. The van der Waals surface area contributed by atoms with Crippen LogP contribution in [-0.2, 0) is 24.8 Å². The molecule has 152 valence electrons. The SMILES string of the molecule is Cn1cc(CCN2CCC3(CCC(=O)N(CCCn4ccnc4)C3)CC2)cn1. The van der Waals surface area contributed by atoms with Crippen molar-refractivity contribution in [3.05, 3.63) is 36.7 Å². The molecule has 2 aromatic rings. The predicted octanol–water partition coefficient (Wildman–Crippen LogP) is 1.95. The van der Waals surface area contributed by atoms with E-state index >= 15 is 0 Å². The van der Waals surface area contributed by atoms with Gasteiger partial charge >= 0.3 is 0 Å². The van der Waals surface area contributed by atoms with Crippen LogP contribution < -0.4 is 0 Å². The Hall–Kier alpha value is -2.15. The summed E-state index contributed by atoms with van der Waals surface area (Å²) in [5.74, 6) is 0.343. The summed E-state index contributed by atoms with van der Waals surface area (Å²) in [6, 6.07) is 0. The number of amides is 1. The number of imidazole rings is 1. The second kappa shape index (κ2) is 8.47. The first-order chi connectivity index (χ1) is 13.6. The molecule has 0 aromatic carbocycles. The zero-order valence-electron chi connectivity index (χ0n) is 17.0. The Morgan fingerprint density at radius 2 is 2.00 bits per heavy atom. The molecule has 4 heterocycles. The van der Waals surface area contributed by atoms with Crippen LogP contribution in [0.5, 0.6) is 0 Å².